The second-order valence-corrected chi connectivity index (χ2v) is 12.7. The van der Waals surface area contributed by atoms with Crippen molar-refractivity contribution >= 4 is 34.2 Å². The molecule has 2 fully saturated rings. The molecule has 6 nitrogen and oxygen atoms in total. The van der Waals surface area contributed by atoms with Gasteiger partial charge in [0.05, 0.1) is 12.8 Å². The fraction of sp³-hybridized carbons (Fsp3) is 0.256. The maximum absolute atomic E-state index is 12.8. The average Bonchev–Trinajstić information content (AvgIpc) is 3.56. The van der Waals surface area contributed by atoms with Crippen LogP contribution in [0.2, 0.25) is 0 Å². The first-order valence-corrected chi connectivity index (χ1v) is 16.4. The van der Waals surface area contributed by atoms with Gasteiger partial charge in [0.2, 0.25) is 0 Å². The molecule has 0 aromatic heterocycles. The first-order valence-electron chi connectivity index (χ1n) is 15.6. The van der Waals surface area contributed by atoms with Gasteiger partial charge in [0.15, 0.2) is 0 Å². The van der Waals surface area contributed by atoms with E-state index < -0.39 is 5.66 Å². The van der Waals surface area contributed by atoms with Gasteiger partial charge in [-0.05, 0) is 49.1 Å². The smallest absolute Gasteiger partial charge is 0.331 e. The Hall–Kier alpha value is -4.30. The van der Waals surface area contributed by atoms with Gasteiger partial charge in [0, 0.05) is 43.1 Å². The van der Waals surface area contributed by atoms with Gasteiger partial charge >= 0.3 is 5.97 Å². The number of ether oxygens (including phenoxy) is 1. The molecule has 0 unspecified atom stereocenters. The number of esters is 1. The number of carbonyl (C=O) groups excluding carboxylic acids is 2. The van der Waals surface area contributed by atoms with Crippen LogP contribution in [0.15, 0.2) is 137 Å². The highest BCUT2D eigenvalue weighted by Crippen LogP contribution is 2.55. The minimum atomic E-state index is -0.568. The Bertz CT molecular complexity index is 1590. The van der Waals surface area contributed by atoms with Crippen LogP contribution in [0.3, 0.4) is 0 Å². The van der Waals surface area contributed by atoms with Crippen LogP contribution in [-0.2, 0) is 33.8 Å². The highest BCUT2D eigenvalue weighted by molar-refractivity contribution is 8.18. The maximum Gasteiger partial charge on any atom is 0.331 e. The molecule has 1 atom stereocenters. The zero-order chi connectivity index (χ0) is 32.4. The van der Waals surface area contributed by atoms with Crippen LogP contribution in [0, 0.1) is 5.92 Å². The molecule has 6 rings (SSSR count). The second-order valence-electron chi connectivity index (χ2n) is 11.6. The monoisotopic (exact) mass is 631 g/mol. The highest BCUT2D eigenvalue weighted by atomic mass is 32.2. The van der Waals surface area contributed by atoms with Gasteiger partial charge in [0.25, 0.3) is 0 Å². The van der Waals surface area contributed by atoms with Gasteiger partial charge in [-0.2, -0.15) is 0 Å². The van der Waals surface area contributed by atoms with Crippen LogP contribution in [0.4, 0.5) is 5.69 Å². The summed E-state index contributed by atoms with van der Waals surface area (Å²) in [6.45, 7) is 6.37. The number of aliphatic imine (C=N–C) groups is 1. The number of benzene rings is 4. The summed E-state index contributed by atoms with van der Waals surface area (Å²) in [7, 11) is 1.44. The summed E-state index contributed by atoms with van der Waals surface area (Å²) >= 11 is 1.63. The third-order valence-electron chi connectivity index (χ3n) is 8.13. The topological polar surface area (TPSA) is 62.2 Å². The third-order valence-corrected chi connectivity index (χ3v) is 9.35. The maximum atomic E-state index is 12.8. The fourth-order valence-electron chi connectivity index (χ4n) is 6.23. The average molecular weight is 632 g/mol. The summed E-state index contributed by atoms with van der Waals surface area (Å²) in [5.74, 6) is -0.213. The van der Waals surface area contributed by atoms with E-state index in [2.05, 4.69) is 101 Å². The lowest BCUT2D eigenvalue weighted by Crippen LogP contribution is -2.60. The molecule has 2 aliphatic heterocycles. The normalized spacial score (nSPS) is 19.2. The Labute approximate surface area is 276 Å². The number of para-hydroxylation sites is 1. The number of nitrogens with zero attached hydrogens (tertiary/aromatic N) is 3. The van der Waals surface area contributed by atoms with E-state index in [1.807, 2.05) is 30.3 Å². The van der Waals surface area contributed by atoms with Crippen molar-refractivity contribution in [1.82, 2.24) is 9.80 Å². The summed E-state index contributed by atoms with van der Waals surface area (Å²) < 4.78 is 5.16. The summed E-state index contributed by atoms with van der Waals surface area (Å²) in [6.07, 6.45) is 2.45. The van der Waals surface area contributed by atoms with Gasteiger partial charge in [0.1, 0.15) is 16.5 Å². The van der Waals surface area contributed by atoms with Crippen molar-refractivity contribution in [3.8, 4) is 0 Å². The molecule has 2 saturated heterocycles. The van der Waals surface area contributed by atoms with Crippen molar-refractivity contribution in [3.63, 3.8) is 0 Å². The van der Waals surface area contributed by atoms with Crippen molar-refractivity contribution in [3.05, 3.63) is 149 Å². The molecule has 46 heavy (non-hydrogen) atoms. The van der Waals surface area contributed by atoms with Crippen molar-refractivity contribution < 1.29 is 14.3 Å². The summed E-state index contributed by atoms with van der Waals surface area (Å²) in [5.41, 5.74) is 4.08. The summed E-state index contributed by atoms with van der Waals surface area (Å²) in [4.78, 5) is 33.8. The molecule has 0 aliphatic carbocycles. The van der Waals surface area contributed by atoms with Gasteiger partial charge in [-0.1, -0.05) is 121 Å². The summed E-state index contributed by atoms with van der Waals surface area (Å²) in [6, 6.07) is 42.1. The second kappa shape index (κ2) is 15.8. The molecule has 0 N–H and O–H groups in total. The first-order chi connectivity index (χ1) is 22.4. The number of ketones is 1. The molecule has 2 heterocycles. The predicted molar refractivity (Wildman–Crippen MR) is 188 cm³/mol. The van der Waals surface area contributed by atoms with Crippen LogP contribution in [0.1, 0.15) is 30.5 Å². The molecular weight excluding hydrogens is 591 g/mol. The van der Waals surface area contributed by atoms with E-state index in [-0.39, 0.29) is 17.7 Å². The van der Waals surface area contributed by atoms with E-state index in [4.69, 9.17) is 9.73 Å². The molecule has 0 radical (unpaired) electrons. The number of hydrogen-bond donors (Lipinski definition) is 0. The van der Waals surface area contributed by atoms with E-state index in [9.17, 15) is 9.59 Å². The van der Waals surface area contributed by atoms with Crippen LogP contribution < -0.4 is 0 Å². The molecule has 0 bridgehead atoms. The minimum Gasteiger partial charge on any atom is -0.466 e. The predicted octanol–water partition coefficient (Wildman–Crippen LogP) is 7.69. The molecule has 4 aromatic rings. The largest absolute Gasteiger partial charge is 0.466 e. The van der Waals surface area contributed by atoms with Gasteiger partial charge in [-0.3, -0.25) is 9.80 Å². The van der Waals surface area contributed by atoms with Crippen LogP contribution in [0.25, 0.3) is 0 Å². The van der Waals surface area contributed by atoms with E-state index in [0.29, 0.717) is 0 Å². The molecule has 2 aliphatic rings. The van der Waals surface area contributed by atoms with E-state index in [1.165, 1.54) is 37.6 Å². The van der Waals surface area contributed by atoms with Gasteiger partial charge in [-0.25, -0.2) is 9.79 Å². The lowest BCUT2D eigenvalue weighted by molar-refractivity contribution is -0.134. The minimum absolute atomic E-state index is 0.0404. The lowest BCUT2D eigenvalue weighted by Gasteiger charge is -2.45. The molecular formula is C39H41N3O3S. The Morgan fingerprint density at radius 3 is 1.65 bits per heavy atom. The van der Waals surface area contributed by atoms with Gasteiger partial charge < -0.3 is 9.53 Å². The Kier molecular flexibility index (Phi) is 11.4. The van der Waals surface area contributed by atoms with Gasteiger partial charge in [-0.15, -0.1) is 0 Å². The Balaban J connectivity index is 0.000000985. The molecule has 1 spiro atoms. The molecule has 236 valence electrons. The fourth-order valence-corrected chi connectivity index (χ4v) is 7.70. The van der Waals surface area contributed by atoms with E-state index in [0.717, 1.165) is 48.2 Å². The molecule has 0 saturated carbocycles. The number of carbonyl (C=O) groups is 2. The number of rotatable bonds is 8. The van der Waals surface area contributed by atoms with E-state index >= 15 is 0 Å². The number of Topliss-reactive ketones (excluding diaryl/α,β-unsaturated/α-hetero) is 1. The standard InChI is InChI=1S/C36H35N3O2S.C3H6O/c1-41-34(40)25-33-32(24-28-14-6-2-7-15-28)36(35(42-33)37-31-20-12-5-13-21-31)38(26-29-16-8-3-9-17-29)22-23-39(36)27-30-18-10-4-11-19-30;1-3(2)4/h2-21,25,32H,22-24,26-27H2,1H3;1-2H3/b33-25-,37-35?;/t32-;/m1./s1. The number of thioether (sulfide) groups is 1. The SMILES string of the molecule is CC(C)=O.COC(=O)/C=C1\SC(=Nc2ccccc2)C2([C@@H]1Cc1ccccc1)N(Cc1ccccc1)CCN2Cc1ccccc1. The van der Waals surface area contributed by atoms with E-state index in [1.54, 1.807) is 17.8 Å². The molecule has 4 aromatic carbocycles. The zero-order valence-electron chi connectivity index (χ0n) is 26.7. The van der Waals surface area contributed by atoms with Crippen LogP contribution >= 0.6 is 11.8 Å². The third kappa shape index (κ3) is 7.91. The lowest BCUT2D eigenvalue weighted by atomic mass is 9.84. The first kappa shape index (κ1) is 33.1. The number of hydrogen-bond acceptors (Lipinski definition) is 7. The zero-order valence-corrected chi connectivity index (χ0v) is 27.5. The Morgan fingerprint density at radius 1 is 0.761 bits per heavy atom. The van der Waals surface area contributed by atoms with Crippen molar-refractivity contribution in [2.24, 2.45) is 10.9 Å². The molecule has 0 amide bonds. The van der Waals surface area contributed by atoms with Crippen LogP contribution in [-0.4, -0.2) is 52.5 Å². The van der Waals surface area contributed by atoms with Crippen LogP contribution in [0.5, 0.6) is 0 Å². The number of methoxy groups -OCH3 is 1. The van der Waals surface area contributed by atoms with Crippen molar-refractivity contribution in [2.75, 3.05) is 20.2 Å². The Morgan fingerprint density at radius 2 is 1.20 bits per heavy atom. The van der Waals surface area contributed by atoms with Crippen molar-refractivity contribution in [2.45, 2.75) is 39.0 Å². The molecule has 7 heteroatoms. The van der Waals surface area contributed by atoms with Crippen molar-refractivity contribution in [1.29, 1.82) is 0 Å². The summed E-state index contributed by atoms with van der Waals surface area (Å²) in [5, 5.41) is 0.995. The highest BCUT2D eigenvalue weighted by Gasteiger charge is 2.61. The quantitative estimate of drug-likeness (QED) is 0.147.